The van der Waals surface area contributed by atoms with Gasteiger partial charge in [-0.05, 0) is 53.7 Å². The molecule has 8 aromatic heterocycles. The van der Waals surface area contributed by atoms with Gasteiger partial charge in [0.2, 0.25) is 0 Å². The number of amides is 2. The van der Waals surface area contributed by atoms with Crippen molar-refractivity contribution in [3.63, 3.8) is 0 Å². The molecule has 7 saturated heterocycles. The topological polar surface area (TPSA) is 535 Å². The molecule has 2 amide bonds. The second kappa shape index (κ2) is 25.8. The predicted molar refractivity (Wildman–Crippen MR) is 331 cm³/mol. The van der Waals surface area contributed by atoms with Gasteiger partial charge in [0.15, 0.2) is 88.1 Å². The first kappa shape index (κ1) is 66.7. The average Bonchev–Trinajstić information content (AvgIpc) is 1.74. The lowest BCUT2D eigenvalue weighted by Gasteiger charge is -2.26. The van der Waals surface area contributed by atoms with Crippen LogP contribution < -0.4 is 28.7 Å². The SMILES string of the molecule is CC1(C)OC2[C@H](n3cnc4c(N)ncnc43)O[C@H](CN)[C@H]2O1.CC1(C)OC2[C@H](n3cnc4c(N)ncnc43)O[C@H](CN3C(=O)c4ccccc4C3=O)[C@H]2O1.CC1(C)OC2[C@H](n3cnc4c(N)ncnc43)O[C@H](CO)[C@H]2O1.CO.Nc1ncnc2c1ncn2[C@@H]1O[C@H](CO)[C@@H](O)[C@H]1O. The van der Waals surface area contributed by atoms with Crippen molar-refractivity contribution in [2.24, 2.45) is 5.73 Å². The van der Waals surface area contributed by atoms with E-state index in [0.29, 0.717) is 74.0 Å². The molecular weight excluding hydrogens is 1280 g/mol. The lowest BCUT2D eigenvalue weighted by molar-refractivity contribution is -0.199. The number of carbonyl (C=O) groups excluding carboxylic acids is 2. The van der Waals surface area contributed by atoms with E-state index >= 15 is 0 Å². The molecule has 0 bridgehead atoms. The van der Waals surface area contributed by atoms with E-state index in [-0.39, 0.29) is 67.1 Å². The summed E-state index contributed by atoms with van der Waals surface area (Å²) in [5, 5.41) is 45.3. The van der Waals surface area contributed by atoms with E-state index in [1.165, 1.54) is 41.1 Å². The van der Waals surface area contributed by atoms with Crippen LogP contribution in [0.2, 0.25) is 0 Å². The van der Waals surface area contributed by atoms with Crippen molar-refractivity contribution in [1.82, 2.24) is 83.0 Å². The minimum absolute atomic E-state index is 0.0349. The molecule has 7 fully saturated rings. The molecule has 0 saturated carbocycles. The van der Waals surface area contributed by atoms with E-state index < -0.39 is 91.6 Å². The Labute approximate surface area is 548 Å². The van der Waals surface area contributed by atoms with Crippen LogP contribution in [0.5, 0.6) is 0 Å². The van der Waals surface area contributed by atoms with Crippen LogP contribution in [0.25, 0.3) is 44.7 Å². The first-order valence-electron chi connectivity index (χ1n) is 30.6. The van der Waals surface area contributed by atoms with E-state index in [1.54, 1.807) is 56.9 Å². The molecule has 97 heavy (non-hydrogen) atoms. The minimum atomic E-state index is -1.19. The number of imidazole rings is 4. The van der Waals surface area contributed by atoms with Crippen LogP contribution in [-0.4, -0.2) is 244 Å². The minimum Gasteiger partial charge on any atom is -0.400 e. The van der Waals surface area contributed by atoms with Crippen molar-refractivity contribution in [1.29, 1.82) is 0 Å². The zero-order valence-corrected chi connectivity index (χ0v) is 53.1. The maximum absolute atomic E-state index is 12.9. The molecule has 17 rings (SSSR count). The molecule has 0 spiro atoms. The number of nitrogen functional groups attached to an aromatic ring is 4. The van der Waals surface area contributed by atoms with Gasteiger partial charge < -0.3 is 102 Å². The van der Waals surface area contributed by atoms with E-state index in [1.807, 2.05) is 41.5 Å². The summed E-state index contributed by atoms with van der Waals surface area (Å²) in [6, 6.07) is 6.77. The van der Waals surface area contributed by atoms with Crippen molar-refractivity contribution in [2.45, 2.75) is 157 Å². The molecule has 0 radical (unpaired) electrons. The molecule has 516 valence electrons. The van der Waals surface area contributed by atoms with Gasteiger partial charge in [-0.2, -0.15) is 0 Å². The number of imide groups is 1. The van der Waals surface area contributed by atoms with Gasteiger partial charge in [-0.3, -0.25) is 32.8 Å². The summed E-state index contributed by atoms with van der Waals surface area (Å²) in [5.74, 6) is -1.84. The fourth-order valence-electron chi connectivity index (χ4n) is 13.1. The second-order valence-corrected chi connectivity index (χ2v) is 24.6. The molecule has 39 heteroatoms. The van der Waals surface area contributed by atoms with Crippen LogP contribution in [-0.2, 0) is 47.4 Å². The number of aliphatic hydroxyl groups is 5. The quantitative estimate of drug-likeness (QED) is 0.0724. The van der Waals surface area contributed by atoms with Crippen molar-refractivity contribution < 1.29 is 82.5 Å². The summed E-state index contributed by atoms with van der Waals surface area (Å²) in [5.41, 5.74) is 33.7. The maximum atomic E-state index is 12.9. The van der Waals surface area contributed by atoms with Crippen LogP contribution in [0, 0.1) is 0 Å². The molecule has 0 aliphatic carbocycles. The summed E-state index contributed by atoms with van der Waals surface area (Å²) < 4.78 is 66.3. The highest BCUT2D eigenvalue weighted by Crippen LogP contribution is 2.47. The Bertz CT molecular complexity index is 4220. The summed E-state index contributed by atoms with van der Waals surface area (Å²) in [4.78, 5) is 76.2. The molecule has 39 nitrogen and oxygen atoms in total. The highest BCUT2D eigenvalue weighted by molar-refractivity contribution is 6.21. The number of fused-ring (bicyclic) bond motifs is 8. The molecular formula is C58H72N22O17. The normalized spacial score (nSPS) is 30.7. The molecule has 8 aliphatic rings. The molecule has 3 unspecified atom stereocenters. The number of aliphatic hydroxyl groups excluding tert-OH is 5. The Balaban J connectivity index is 0.000000118. The van der Waals surface area contributed by atoms with Gasteiger partial charge in [0.1, 0.15) is 121 Å². The average molecular weight is 1350 g/mol. The lowest BCUT2D eigenvalue weighted by atomic mass is 10.1. The Morgan fingerprint density at radius 1 is 0.423 bits per heavy atom. The van der Waals surface area contributed by atoms with Crippen LogP contribution in [0.3, 0.4) is 0 Å². The standard InChI is InChI=1S/C21H20N6O5.C13H18N6O3.C13H17N5O4.C10H13N5O4.CH4O/c1-21(2)31-14-12(7-26-18(28)10-5-3-4-6-11(10)19(26)29)30-20(15(14)32-21)27-9-25-13-16(22)23-8-24-17(13)27;1-13(2)21-8-6(3-14)20-12(9(8)22-13)19-5-18-7-10(15)16-4-17-11(7)19;1-13(2)21-8-6(3-19)20-12(9(8)22-13)18-5-17-7-10(14)15-4-16-11(7)18;11-8-5-9(13-2-12-8)15(3-14-5)10-7(18)6(17)4(1-16)19-10;1-2/h3-6,8-9,12,14-15,20H,7H2,1-2H3,(H2,22,23,24);4-6,8-9,12H,3,14H2,1-2H3,(H2,15,16,17);4-6,8-9,12,19H,3H2,1-2H3,(H2,14,15,16);2-4,6-7,10,16-18H,1H2,(H2,11,12,13);2H,1H3/t12-,14-,15?,20-;2*6-,8-,9?,12-;4-,6-,7-,10-;/m1111./s1. The van der Waals surface area contributed by atoms with Gasteiger partial charge in [0.25, 0.3) is 11.8 Å². The third-order valence-electron chi connectivity index (χ3n) is 17.2. The largest absolute Gasteiger partial charge is 0.400 e. The van der Waals surface area contributed by atoms with Crippen LogP contribution in [0.15, 0.2) is 74.9 Å². The Kier molecular flexibility index (Phi) is 17.8. The summed E-state index contributed by atoms with van der Waals surface area (Å²) >= 11 is 0. The second-order valence-electron chi connectivity index (χ2n) is 24.6. The number of nitrogens with two attached hydrogens (primary N) is 5. The fraction of sp³-hybridized carbons (Fsp3) is 0.517. The lowest BCUT2D eigenvalue weighted by Crippen LogP contribution is -2.42. The van der Waals surface area contributed by atoms with Crippen molar-refractivity contribution >= 4 is 79.7 Å². The van der Waals surface area contributed by atoms with Crippen LogP contribution >= 0.6 is 0 Å². The van der Waals surface area contributed by atoms with Gasteiger partial charge in [-0.1, -0.05) is 12.1 Å². The fourth-order valence-corrected chi connectivity index (χ4v) is 13.1. The number of ether oxygens (including phenoxy) is 10. The molecule has 1 aromatic carbocycles. The first-order chi connectivity index (χ1) is 46.5. The van der Waals surface area contributed by atoms with Crippen LogP contribution in [0.1, 0.15) is 87.2 Å². The Morgan fingerprint density at radius 2 is 0.732 bits per heavy atom. The predicted octanol–water partition coefficient (Wildman–Crippen LogP) is -1.65. The highest BCUT2D eigenvalue weighted by atomic mass is 16.8. The Morgan fingerprint density at radius 3 is 1.08 bits per heavy atom. The van der Waals surface area contributed by atoms with Gasteiger partial charge >= 0.3 is 0 Å². The number of carbonyl (C=O) groups is 2. The van der Waals surface area contributed by atoms with E-state index in [2.05, 4.69) is 59.8 Å². The van der Waals surface area contributed by atoms with Crippen LogP contribution in [0.4, 0.5) is 23.3 Å². The number of anilines is 4. The van der Waals surface area contributed by atoms with Gasteiger partial charge in [0, 0.05) is 13.7 Å². The number of aromatic nitrogens is 16. The summed E-state index contributed by atoms with van der Waals surface area (Å²) in [6.07, 6.45) is 2.42. The molecule has 16 heterocycles. The molecule has 16 atom stereocenters. The van der Waals surface area contributed by atoms with Crippen molar-refractivity contribution in [3.05, 3.63) is 86.0 Å². The monoisotopic (exact) mass is 1350 g/mol. The Hall–Kier alpha value is -8.88. The number of hydrogen-bond acceptors (Lipinski definition) is 34. The smallest absolute Gasteiger partial charge is 0.261 e. The first-order valence-corrected chi connectivity index (χ1v) is 30.6. The summed E-state index contributed by atoms with van der Waals surface area (Å²) in [7, 11) is 1.00. The summed E-state index contributed by atoms with van der Waals surface area (Å²) in [6.45, 7) is 10.9. The van der Waals surface area contributed by atoms with Gasteiger partial charge in [0.05, 0.1) is 56.2 Å². The third kappa shape index (κ3) is 11.9. The maximum Gasteiger partial charge on any atom is 0.261 e. The molecule has 8 aliphatic heterocycles. The van der Waals surface area contributed by atoms with E-state index in [0.717, 1.165) is 7.11 Å². The molecule has 15 N–H and O–H groups in total. The molecule has 9 aromatic rings. The number of hydrogen-bond donors (Lipinski definition) is 10. The van der Waals surface area contributed by atoms with E-state index in [4.69, 9.17) is 86.3 Å². The van der Waals surface area contributed by atoms with Crippen molar-refractivity contribution in [2.75, 3.05) is 56.3 Å². The number of benzene rings is 1. The zero-order valence-electron chi connectivity index (χ0n) is 53.1. The number of rotatable bonds is 9. The van der Waals surface area contributed by atoms with Crippen molar-refractivity contribution in [3.8, 4) is 0 Å². The van der Waals surface area contributed by atoms with E-state index in [9.17, 15) is 24.9 Å². The zero-order chi connectivity index (χ0) is 68.7. The number of nitrogens with zero attached hydrogens (tertiary/aromatic N) is 17. The van der Waals surface area contributed by atoms with Gasteiger partial charge in [-0.15, -0.1) is 0 Å². The highest BCUT2D eigenvalue weighted by Gasteiger charge is 2.59. The third-order valence-corrected chi connectivity index (χ3v) is 17.2. The van der Waals surface area contributed by atoms with Gasteiger partial charge in [-0.25, -0.2) is 59.8 Å².